The predicted octanol–water partition coefficient (Wildman–Crippen LogP) is 3.33. The molecule has 0 atom stereocenters. The number of hydrogen-bond donors (Lipinski definition) is 2. The lowest BCUT2D eigenvalue weighted by atomic mass is 10.1. The Morgan fingerprint density at radius 2 is 1.96 bits per heavy atom. The van der Waals surface area contributed by atoms with Crippen LogP contribution in [-0.2, 0) is 6.54 Å². The molecular formula is C20H18N6O. The van der Waals surface area contributed by atoms with E-state index in [-0.39, 0.29) is 5.91 Å². The van der Waals surface area contributed by atoms with Crippen LogP contribution in [0.5, 0.6) is 0 Å². The van der Waals surface area contributed by atoms with Gasteiger partial charge >= 0.3 is 0 Å². The number of benzene rings is 2. The van der Waals surface area contributed by atoms with E-state index in [0.29, 0.717) is 23.8 Å². The highest BCUT2D eigenvalue weighted by Gasteiger charge is 2.28. The van der Waals surface area contributed by atoms with E-state index in [2.05, 4.69) is 25.8 Å². The third-order valence-electron chi connectivity index (χ3n) is 4.89. The average molecular weight is 358 g/mol. The van der Waals surface area contributed by atoms with Gasteiger partial charge in [-0.2, -0.15) is 5.10 Å². The highest BCUT2D eigenvalue weighted by molar-refractivity contribution is 6.04. The zero-order valence-corrected chi connectivity index (χ0v) is 14.6. The second-order valence-electron chi connectivity index (χ2n) is 6.86. The summed E-state index contributed by atoms with van der Waals surface area (Å²) in [7, 11) is 0. The highest BCUT2D eigenvalue weighted by Crippen LogP contribution is 2.42. The van der Waals surface area contributed by atoms with Crippen LogP contribution < -0.4 is 5.32 Å². The van der Waals surface area contributed by atoms with Crippen molar-refractivity contribution >= 4 is 22.8 Å². The molecule has 4 aromatic rings. The number of nitrogens with one attached hydrogen (secondary N) is 2. The number of anilines is 1. The van der Waals surface area contributed by atoms with Gasteiger partial charge in [0.05, 0.1) is 18.3 Å². The van der Waals surface area contributed by atoms with Gasteiger partial charge in [-0.15, -0.1) is 5.10 Å². The van der Waals surface area contributed by atoms with Crippen LogP contribution in [0.1, 0.15) is 40.2 Å². The molecular weight excluding hydrogens is 340 g/mol. The predicted molar refractivity (Wildman–Crippen MR) is 102 cm³/mol. The first-order valence-electron chi connectivity index (χ1n) is 9.00. The number of fused-ring (bicyclic) bond motifs is 1. The summed E-state index contributed by atoms with van der Waals surface area (Å²) < 4.78 is 1.86. The van der Waals surface area contributed by atoms with Crippen LogP contribution in [0.2, 0.25) is 0 Å². The third-order valence-corrected chi connectivity index (χ3v) is 4.89. The summed E-state index contributed by atoms with van der Waals surface area (Å²) in [5.41, 5.74) is 4.63. The second-order valence-corrected chi connectivity index (χ2v) is 6.86. The van der Waals surface area contributed by atoms with E-state index in [0.717, 1.165) is 35.0 Å². The van der Waals surface area contributed by atoms with Gasteiger partial charge < -0.3 is 5.32 Å². The smallest absolute Gasteiger partial charge is 0.256 e. The number of carbonyl (C=O) groups excluding carboxylic acids is 1. The zero-order valence-electron chi connectivity index (χ0n) is 14.6. The van der Waals surface area contributed by atoms with Crippen molar-refractivity contribution in [2.75, 3.05) is 5.32 Å². The fraction of sp³-hybridized carbons (Fsp3) is 0.200. The molecule has 27 heavy (non-hydrogen) atoms. The van der Waals surface area contributed by atoms with Crippen LogP contribution in [-0.4, -0.2) is 31.1 Å². The van der Waals surface area contributed by atoms with E-state index in [1.54, 1.807) is 6.20 Å². The Morgan fingerprint density at radius 3 is 2.78 bits per heavy atom. The number of nitrogens with zero attached hydrogens (tertiary/aromatic N) is 4. The number of hydrogen-bond acceptors (Lipinski definition) is 4. The molecule has 1 fully saturated rings. The van der Waals surface area contributed by atoms with Gasteiger partial charge in [0.2, 0.25) is 0 Å². The largest absolute Gasteiger partial charge is 0.307 e. The van der Waals surface area contributed by atoms with Crippen molar-refractivity contribution in [3.8, 4) is 0 Å². The van der Waals surface area contributed by atoms with Crippen LogP contribution in [0.25, 0.3) is 11.0 Å². The average Bonchev–Trinajstić information content (AvgIpc) is 3.31. The fourth-order valence-corrected chi connectivity index (χ4v) is 3.25. The Bertz CT molecular complexity index is 1110. The minimum atomic E-state index is -0.140. The molecule has 0 unspecified atom stereocenters. The SMILES string of the molecule is O=C(Nc1[nH]ncc1C1CC1)c1ccc(Cn2nnc3ccccc32)cc1. The molecule has 134 valence electrons. The number of amides is 1. The molecule has 2 N–H and O–H groups in total. The summed E-state index contributed by atoms with van der Waals surface area (Å²) in [6, 6.07) is 15.4. The summed E-state index contributed by atoms with van der Waals surface area (Å²) in [6.45, 7) is 0.606. The van der Waals surface area contributed by atoms with Crippen molar-refractivity contribution in [3.63, 3.8) is 0 Å². The maximum atomic E-state index is 12.5. The summed E-state index contributed by atoms with van der Waals surface area (Å²) in [5, 5.41) is 18.2. The lowest BCUT2D eigenvalue weighted by Gasteiger charge is -2.07. The number of para-hydroxylation sites is 1. The van der Waals surface area contributed by atoms with E-state index in [1.165, 1.54) is 0 Å². The Kier molecular flexibility index (Phi) is 3.71. The number of H-pyrrole nitrogens is 1. The first kappa shape index (κ1) is 15.7. The summed E-state index contributed by atoms with van der Waals surface area (Å²) >= 11 is 0. The molecule has 2 heterocycles. The molecule has 5 rings (SSSR count). The van der Waals surface area contributed by atoms with Crippen LogP contribution in [0.3, 0.4) is 0 Å². The number of aromatic amines is 1. The Hall–Kier alpha value is -3.48. The molecule has 0 aliphatic heterocycles. The maximum Gasteiger partial charge on any atom is 0.256 e. The van der Waals surface area contributed by atoms with Crippen molar-refractivity contribution in [3.05, 3.63) is 71.4 Å². The minimum Gasteiger partial charge on any atom is -0.307 e. The summed E-state index contributed by atoms with van der Waals surface area (Å²) in [4.78, 5) is 12.5. The molecule has 0 radical (unpaired) electrons. The Morgan fingerprint density at radius 1 is 1.15 bits per heavy atom. The fourth-order valence-electron chi connectivity index (χ4n) is 3.25. The molecule has 1 amide bonds. The molecule has 1 aliphatic carbocycles. The van der Waals surface area contributed by atoms with E-state index >= 15 is 0 Å². The van der Waals surface area contributed by atoms with Gasteiger partial charge in [-0.3, -0.25) is 9.89 Å². The van der Waals surface area contributed by atoms with Crippen LogP contribution in [0.4, 0.5) is 5.82 Å². The van der Waals surface area contributed by atoms with Crippen molar-refractivity contribution < 1.29 is 4.79 Å². The first-order valence-corrected chi connectivity index (χ1v) is 9.00. The lowest BCUT2D eigenvalue weighted by Crippen LogP contribution is -2.13. The molecule has 1 saturated carbocycles. The molecule has 2 aromatic carbocycles. The Balaban J connectivity index is 1.31. The van der Waals surface area contributed by atoms with Crippen molar-refractivity contribution in [1.82, 2.24) is 25.2 Å². The summed E-state index contributed by atoms with van der Waals surface area (Å²) in [5.74, 6) is 1.10. The van der Waals surface area contributed by atoms with Gasteiger partial charge in [-0.05, 0) is 48.6 Å². The van der Waals surface area contributed by atoms with Crippen LogP contribution >= 0.6 is 0 Å². The standard InChI is InChI=1S/C20H18N6O/c27-20(22-19-16(11-21-24-19)14-9-10-14)15-7-5-13(6-8-15)12-26-18-4-2-1-3-17(18)23-25-26/h1-8,11,14H,9-10,12H2,(H2,21,22,24,27). The monoisotopic (exact) mass is 358 g/mol. The molecule has 2 aromatic heterocycles. The molecule has 0 saturated heterocycles. The first-order chi connectivity index (χ1) is 13.3. The lowest BCUT2D eigenvalue weighted by molar-refractivity contribution is 0.102. The van der Waals surface area contributed by atoms with E-state index in [1.807, 2.05) is 53.2 Å². The van der Waals surface area contributed by atoms with Gasteiger partial charge in [0.25, 0.3) is 5.91 Å². The van der Waals surface area contributed by atoms with E-state index in [4.69, 9.17) is 0 Å². The van der Waals surface area contributed by atoms with Gasteiger partial charge in [0.15, 0.2) is 0 Å². The molecule has 1 aliphatic rings. The van der Waals surface area contributed by atoms with Gasteiger partial charge in [0.1, 0.15) is 11.3 Å². The third kappa shape index (κ3) is 3.08. The van der Waals surface area contributed by atoms with Gasteiger partial charge in [-0.25, -0.2) is 4.68 Å². The number of carbonyl (C=O) groups is 1. The topological polar surface area (TPSA) is 88.5 Å². The van der Waals surface area contributed by atoms with E-state index < -0.39 is 0 Å². The van der Waals surface area contributed by atoms with Gasteiger partial charge in [-0.1, -0.05) is 29.5 Å². The Labute approximate surface area is 155 Å². The molecule has 0 bridgehead atoms. The quantitative estimate of drug-likeness (QED) is 0.573. The van der Waals surface area contributed by atoms with Gasteiger partial charge in [0, 0.05) is 11.1 Å². The molecule has 7 nitrogen and oxygen atoms in total. The highest BCUT2D eigenvalue weighted by atomic mass is 16.1. The minimum absolute atomic E-state index is 0.140. The zero-order chi connectivity index (χ0) is 18.2. The maximum absolute atomic E-state index is 12.5. The van der Waals surface area contributed by atoms with Crippen LogP contribution in [0, 0.1) is 0 Å². The number of rotatable bonds is 5. The van der Waals surface area contributed by atoms with Crippen molar-refractivity contribution in [2.45, 2.75) is 25.3 Å². The summed E-state index contributed by atoms with van der Waals surface area (Å²) in [6.07, 6.45) is 4.13. The molecule has 7 heteroatoms. The normalized spacial score (nSPS) is 13.8. The van der Waals surface area contributed by atoms with E-state index in [9.17, 15) is 4.79 Å². The van der Waals surface area contributed by atoms with Crippen LogP contribution in [0.15, 0.2) is 54.7 Å². The van der Waals surface area contributed by atoms with Crippen molar-refractivity contribution in [1.29, 1.82) is 0 Å². The van der Waals surface area contributed by atoms with Crippen molar-refractivity contribution in [2.24, 2.45) is 0 Å². The molecule has 0 spiro atoms. The second kappa shape index (κ2) is 6.35. The number of aromatic nitrogens is 5.